The van der Waals surface area contributed by atoms with E-state index in [0.29, 0.717) is 0 Å². The molecule has 0 saturated carbocycles. The van der Waals surface area contributed by atoms with Crippen LogP contribution in [0.1, 0.15) is 57.1 Å². The molecule has 0 aliphatic carbocycles. The van der Waals surface area contributed by atoms with E-state index in [9.17, 15) is 0 Å². The van der Waals surface area contributed by atoms with Crippen LogP contribution in [0, 0.1) is 0 Å². The quantitative estimate of drug-likeness (QED) is 0.562. The van der Waals surface area contributed by atoms with Gasteiger partial charge in [-0.3, -0.25) is 0 Å². The van der Waals surface area contributed by atoms with Gasteiger partial charge in [-0.2, -0.15) is 0 Å². The third-order valence-electron chi connectivity index (χ3n) is 2.91. The minimum atomic E-state index is 1.24. The fraction of sp³-hybridized carbons (Fsp3) is 0.600. The SMILES string of the molecule is CCCCCc1ccc(CCCC)cc1. The molecule has 1 aromatic rings. The fourth-order valence-corrected chi connectivity index (χ4v) is 1.83. The summed E-state index contributed by atoms with van der Waals surface area (Å²) in [5, 5.41) is 0. The molecule has 0 amide bonds. The second-order valence-corrected chi connectivity index (χ2v) is 4.38. The molecule has 84 valence electrons. The number of unbranched alkanes of at least 4 members (excludes halogenated alkanes) is 3. The zero-order valence-electron chi connectivity index (χ0n) is 10.3. The molecule has 0 atom stereocenters. The second-order valence-electron chi connectivity index (χ2n) is 4.38. The van der Waals surface area contributed by atoms with Crippen LogP contribution in [0.3, 0.4) is 0 Å². The third-order valence-corrected chi connectivity index (χ3v) is 2.91. The molecule has 0 spiro atoms. The maximum absolute atomic E-state index is 2.31. The van der Waals surface area contributed by atoms with E-state index >= 15 is 0 Å². The predicted molar refractivity (Wildman–Crippen MR) is 68.3 cm³/mol. The van der Waals surface area contributed by atoms with E-state index in [1.807, 2.05) is 0 Å². The molecule has 1 aromatic carbocycles. The fourth-order valence-electron chi connectivity index (χ4n) is 1.83. The van der Waals surface area contributed by atoms with E-state index in [0.717, 1.165) is 0 Å². The van der Waals surface area contributed by atoms with E-state index in [1.165, 1.54) is 56.1 Å². The van der Waals surface area contributed by atoms with Crippen LogP contribution in [-0.4, -0.2) is 0 Å². The molecule has 0 aromatic heterocycles. The van der Waals surface area contributed by atoms with Crippen LogP contribution in [0.5, 0.6) is 0 Å². The highest BCUT2D eigenvalue weighted by Crippen LogP contribution is 2.10. The molecule has 15 heavy (non-hydrogen) atoms. The molecule has 1 rings (SSSR count). The molecule has 0 bridgehead atoms. The average molecular weight is 204 g/mol. The van der Waals surface area contributed by atoms with Crippen LogP contribution in [0.15, 0.2) is 24.3 Å². The van der Waals surface area contributed by atoms with Crippen LogP contribution < -0.4 is 0 Å². The number of hydrogen-bond acceptors (Lipinski definition) is 0. The van der Waals surface area contributed by atoms with Crippen LogP contribution in [-0.2, 0) is 12.8 Å². The van der Waals surface area contributed by atoms with E-state index < -0.39 is 0 Å². The Hall–Kier alpha value is -0.780. The predicted octanol–water partition coefficient (Wildman–Crippen LogP) is 4.76. The zero-order valence-corrected chi connectivity index (χ0v) is 10.3. The van der Waals surface area contributed by atoms with Gasteiger partial charge in [-0.15, -0.1) is 0 Å². The normalized spacial score (nSPS) is 10.5. The molecule has 0 aliphatic rings. The first-order valence-corrected chi connectivity index (χ1v) is 6.44. The van der Waals surface area contributed by atoms with E-state index in [1.54, 1.807) is 0 Å². The lowest BCUT2D eigenvalue weighted by atomic mass is 10.0. The Morgan fingerprint density at radius 3 is 1.60 bits per heavy atom. The van der Waals surface area contributed by atoms with Gasteiger partial charge in [0.1, 0.15) is 0 Å². The van der Waals surface area contributed by atoms with Gasteiger partial charge in [-0.05, 0) is 36.8 Å². The first-order chi connectivity index (χ1) is 7.36. The second kappa shape index (κ2) is 7.50. The van der Waals surface area contributed by atoms with Crippen molar-refractivity contribution >= 4 is 0 Å². The van der Waals surface area contributed by atoms with Crippen LogP contribution in [0.4, 0.5) is 0 Å². The van der Waals surface area contributed by atoms with Gasteiger partial charge < -0.3 is 0 Å². The highest BCUT2D eigenvalue weighted by Gasteiger charge is 1.95. The van der Waals surface area contributed by atoms with Crippen molar-refractivity contribution in [2.75, 3.05) is 0 Å². The topological polar surface area (TPSA) is 0 Å². The molecule has 0 heteroatoms. The van der Waals surface area contributed by atoms with E-state index in [-0.39, 0.29) is 0 Å². The summed E-state index contributed by atoms with van der Waals surface area (Å²) in [4.78, 5) is 0. The average Bonchev–Trinajstić information content (AvgIpc) is 2.28. The van der Waals surface area contributed by atoms with Crippen molar-refractivity contribution in [3.8, 4) is 0 Å². The summed E-state index contributed by atoms with van der Waals surface area (Å²) in [6, 6.07) is 9.22. The van der Waals surface area contributed by atoms with Crippen molar-refractivity contribution < 1.29 is 0 Å². The van der Waals surface area contributed by atoms with Gasteiger partial charge in [0.2, 0.25) is 0 Å². The minimum Gasteiger partial charge on any atom is -0.0654 e. The number of aryl methyl sites for hydroxylation is 2. The third kappa shape index (κ3) is 5.01. The molecule has 0 aliphatic heterocycles. The lowest BCUT2D eigenvalue weighted by Gasteiger charge is -2.03. The van der Waals surface area contributed by atoms with Crippen LogP contribution >= 0.6 is 0 Å². The maximum Gasteiger partial charge on any atom is -0.0279 e. The summed E-state index contributed by atoms with van der Waals surface area (Å²) in [5.74, 6) is 0. The summed E-state index contributed by atoms with van der Waals surface area (Å²) in [7, 11) is 0. The Morgan fingerprint density at radius 2 is 1.13 bits per heavy atom. The first-order valence-electron chi connectivity index (χ1n) is 6.44. The Bertz CT molecular complexity index is 245. The van der Waals surface area contributed by atoms with Crippen molar-refractivity contribution in [3.63, 3.8) is 0 Å². The summed E-state index contributed by atoms with van der Waals surface area (Å²) in [5.41, 5.74) is 3.00. The van der Waals surface area contributed by atoms with Crippen molar-refractivity contribution in [3.05, 3.63) is 35.4 Å². The monoisotopic (exact) mass is 204 g/mol. The number of rotatable bonds is 7. The highest BCUT2D eigenvalue weighted by molar-refractivity contribution is 5.22. The Labute approximate surface area is 94.7 Å². The zero-order chi connectivity index (χ0) is 10.9. The van der Waals surface area contributed by atoms with Gasteiger partial charge in [0.15, 0.2) is 0 Å². The molecule has 0 fully saturated rings. The minimum absolute atomic E-state index is 1.24. The van der Waals surface area contributed by atoms with Crippen LogP contribution in [0.2, 0.25) is 0 Å². The Kier molecular flexibility index (Phi) is 6.15. The Morgan fingerprint density at radius 1 is 0.667 bits per heavy atom. The molecule has 0 N–H and O–H groups in total. The lowest BCUT2D eigenvalue weighted by Crippen LogP contribution is -1.88. The maximum atomic E-state index is 2.31. The van der Waals surface area contributed by atoms with Gasteiger partial charge in [0, 0.05) is 0 Å². The van der Waals surface area contributed by atoms with Gasteiger partial charge >= 0.3 is 0 Å². The van der Waals surface area contributed by atoms with Crippen molar-refractivity contribution in [1.82, 2.24) is 0 Å². The van der Waals surface area contributed by atoms with E-state index in [2.05, 4.69) is 38.1 Å². The van der Waals surface area contributed by atoms with E-state index in [4.69, 9.17) is 0 Å². The molecular weight excluding hydrogens is 180 g/mol. The first kappa shape index (κ1) is 12.3. The molecule has 0 radical (unpaired) electrons. The summed E-state index contributed by atoms with van der Waals surface area (Å²) in [6.07, 6.45) is 9.11. The number of hydrogen-bond donors (Lipinski definition) is 0. The lowest BCUT2D eigenvalue weighted by molar-refractivity contribution is 0.717. The standard InChI is InChI=1S/C15H24/c1-3-5-7-9-15-12-10-14(11-13-15)8-6-4-2/h10-13H,3-9H2,1-2H3. The number of benzene rings is 1. The van der Waals surface area contributed by atoms with Gasteiger partial charge in [0.25, 0.3) is 0 Å². The van der Waals surface area contributed by atoms with Gasteiger partial charge in [-0.25, -0.2) is 0 Å². The summed E-state index contributed by atoms with van der Waals surface area (Å²) < 4.78 is 0. The summed E-state index contributed by atoms with van der Waals surface area (Å²) in [6.45, 7) is 4.51. The molecular formula is C15H24. The Balaban J connectivity index is 2.35. The summed E-state index contributed by atoms with van der Waals surface area (Å²) >= 11 is 0. The smallest absolute Gasteiger partial charge is 0.0279 e. The van der Waals surface area contributed by atoms with Crippen LogP contribution in [0.25, 0.3) is 0 Å². The van der Waals surface area contributed by atoms with Gasteiger partial charge in [0.05, 0.1) is 0 Å². The van der Waals surface area contributed by atoms with Crippen molar-refractivity contribution in [2.45, 2.75) is 58.8 Å². The molecule has 0 saturated heterocycles. The van der Waals surface area contributed by atoms with Crippen molar-refractivity contribution in [1.29, 1.82) is 0 Å². The largest absolute Gasteiger partial charge is 0.0654 e. The van der Waals surface area contributed by atoms with Crippen molar-refractivity contribution in [2.24, 2.45) is 0 Å². The van der Waals surface area contributed by atoms with Gasteiger partial charge in [-0.1, -0.05) is 57.4 Å². The molecule has 0 nitrogen and oxygen atoms in total. The molecule has 0 heterocycles. The highest BCUT2D eigenvalue weighted by atomic mass is 14.0. The molecule has 0 unspecified atom stereocenters.